The van der Waals surface area contributed by atoms with Crippen molar-refractivity contribution in [1.29, 1.82) is 0 Å². The molecule has 0 saturated carbocycles. The van der Waals surface area contributed by atoms with Gasteiger partial charge in [-0.25, -0.2) is 4.99 Å². The van der Waals surface area contributed by atoms with E-state index in [4.69, 9.17) is 4.74 Å². The lowest BCUT2D eigenvalue weighted by Crippen LogP contribution is -1.90. The van der Waals surface area contributed by atoms with E-state index < -0.39 is 0 Å². The van der Waals surface area contributed by atoms with Crippen LogP contribution in [-0.2, 0) is 4.79 Å². The van der Waals surface area contributed by atoms with Gasteiger partial charge in [-0.2, -0.15) is 0 Å². The molecule has 0 unspecified atom stereocenters. The molecule has 1 aliphatic rings. The van der Waals surface area contributed by atoms with Crippen molar-refractivity contribution in [3.05, 3.63) is 68.5 Å². The molecule has 0 saturated heterocycles. The van der Waals surface area contributed by atoms with Crippen molar-refractivity contribution < 1.29 is 9.53 Å². The van der Waals surface area contributed by atoms with Crippen molar-refractivity contribution in [2.75, 3.05) is 7.11 Å². The highest BCUT2D eigenvalue weighted by Crippen LogP contribution is 2.33. The number of nitrogens with zero attached hydrogens (tertiary/aromatic N) is 1. The monoisotopic (exact) mass is 387 g/mol. The molecule has 0 fully saturated rings. The largest absolute Gasteiger partial charge is 0.496 e. The molecule has 23 heavy (non-hydrogen) atoms. The van der Waals surface area contributed by atoms with Gasteiger partial charge in [-0.15, -0.1) is 0 Å². The Balaban J connectivity index is 1.84. The average molecular weight is 388 g/mol. The molecule has 0 N–H and O–H groups in total. The second kappa shape index (κ2) is 6.72. The number of carbonyl (C=O) groups excluding carboxylic acids is 1. The molecule has 1 aliphatic heterocycles. The zero-order chi connectivity index (χ0) is 16.4. The third-order valence-corrected chi connectivity index (χ3v) is 5.05. The number of benzene rings is 2. The maximum atomic E-state index is 12.1. The van der Waals surface area contributed by atoms with Gasteiger partial charge >= 0.3 is 0 Å². The molecule has 5 heteroatoms. The van der Waals surface area contributed by atoms with E-state index in [2.05, 4.69) is 20.9 Å². The summed E-state index contributed by atoms with van der Waals surface area (Å²) in [7, 11) is 1.62. The highest BCUT2D eigenvalue weighted by Gasteiger charge is 2.22. The van der Waals surface area contributed by atoms with Gasteiger partial charge < -0.3 is 4.74 Å². The highest BCUT2D eigenvalue weighted by atomic mass is 79.9. The first-order valence-corrected chi connectivity index (χ1v) is 8.61. The Morgan fingerprint density at radius 3 is 2.57 bits per heavy atom. The van der Waals surface area contributed by atoms with Gasteiger partial charge in [0.15, 0.2) is 0 Å². The molecular formula is C18H14BrNO2S. The number of hydrogen-bond donors (Lipinski definition) is 0. The van der Waals surface area contributed by atoms with E-state index in [9.17, 15) is 4.79 Å². The number of methoxy groups -OCH3 is 1. The van der Waals surface area contributed by atoms with Gasteiger partial charge in [-0.3, -0.25) is 4.79 Å². The predicted octanol–water partition coefficient (Wildman–Crippen LogP) is 4.83. The Bertz CT molecular complexity index is 825. The predicted molar refractivity (Wildman–Crippen MR) is 99.0 cm³/mol. The lowest BCUT2D eigenvalue weighted by atomic mass is 10.2. The topological polar surface area (TPSA) is 38.7 Å². The molecule has 0 radical (unpaired) electrons. The van der Waals surface area contributed by atoms with E-state index in [1.54, 1.807) is 7.11 Å². The van der Waals surface area contributed by atoms with Gasteiger partial charge in [0.2, 0.25) is 0 Å². The van der Waals surface area contributed by atoms with Crippen LogP contribution in [0.2, 0.25) is 0 Å². The summed E-state index contributed by atoms with van der Waals surface area (Å²) in [5, 5.41) is 0.744. The first kappa shape index (κ1) is 16.0. The molecule has 3 rings (SSSR count). The zero-order valence-electron chi connectivity index (χ0n) is 12.7. The number of aliphatic imine (C=N–C) groups is 1. The quantitative estimate of drug-likeness (QED) is 0.708. The maximum absolute atomic E-state index is 12.1. The minimum Gasteiger partial charge on any atom is -0.496 e. The fourth-order valence-electron chi connectivity index (χ4n) is 2.15. The van der Waals surface area contributed by atoms with Crippen molar-refractivity contribution in [2.45, 2.75) is 6.92 Å². The molecule has 1 amide bonds. The minimum absolute atomic E-state index is 0.197. The molecule has 0 aromatic heterocycles. The fourth-order valence-corrected chi connectivity index (χ4v) is 3.63. The number of halogens is 1. The number of aryl methyl sites for hydroxylation is 1. The summed E-state index contributed by atoms with van der Waals surface area (Å²) in [6, 6.07) is 13.7. The molecular weight excluding hydrogens is 374 g/mol. The lowest BCUT2D eigenvalue weighted by molar-refractivity contribution is -0.113. The summed E-state index contributed by atoms with van der Waals surface area (Å²) in [5.41, 5.74) is 3.07. The van der Waals surface area contributed by atoms with Crippen molar-refractivity contribution in [3.63, 3.8) is 0 Å². The number of rotatable bonds is 3. The Morgan fingerprint density at radius 1 is 1.17 bits per heavy atom. The number of ether oxygens (including phenoxy) is 1. The minimum atomic E-state index is -0.197. The molecule has 2 aromatic carbocycles. The number of thioether (sulfide) groups is 1. The van der Waals surface area contributed by atoms with Crippen LogP contribution < -0.4 is 4.74 Å². The van der Waals surface area contributed by atoms with Crippen LogP contribution in [-0.4, -0.2) is 18.1 Å². The van der Waals surface area contributed by atoms with Gasteiger partial charge in [0.25, 0.3) is 5.91 Å². The Kier molecular flexibility index (Phi) is 4.68. The van der Waals surface area contributed by atoms with E-state index in [0.29, 0.717) is 4.91 Å². The first-order valence-electron chi connectivity index (χ1n) is 7.00. The number of amides is 1. The van der Waals surface area contributed by atoms with Gasteiger partial charge in [0.05, 0.1) is 16.5 Å². The SMILES string of the molecule is COc1ccc(C=C2SC(c3ccc(C)cc3)=NC2=O)cc1Br. The molecule has 3 nitrogen and oxygen atoms in total. The van der Waals surface area contributed by atoms with E-state index in [1.165, 1.54) is 17.3 Å². The first-order chi connectivity index (χ1) is 11.1. The second-order valence-corrected chi connectivity index (χ2v) is 6.98. The van der Waals surface area contributed by atoms with Crippen LogP contribution in [0.3, 0.4) is 0 Å². The molecule has 116 valence electrons. The third kappa shape index (κ3) is 3.57. The summed E-state index contributed by atoms with van der Waals surface area (Å²) in [6.45, 7) is 2.03. The van der Waals surface area contributed by atoms with Crippen molar-refractivity contribution in [2.24, 2.45) is 4.99 Å². The van der Waals surface area contributed by atoms with Crippen LogP contribution in [0.25, 0.3) is 6.08 Å². The average Bonchev–Trinajstić information content (AvgIpc) is 2.89. The number of hydrogen-bond acceptors (Lipinski definition) is 3. The summed E-state index contributed by atoms with van der Waals surface area (Å²) in [5.74, 6) is 0.562. The van der Waals surface area contributed by atoms with Crippen LogP contribution in [0, 0.1) is 6.92 Å². The molecule has 2 aromatic rings. The second-order valence-electron chi connectivity index (χ2n) is 5.09. The lowest BCUT2D eigenvalue weighted by Gasteiger charge is -2.04. The van der Waals surface area contributed by atoms with E-state index in [0.717, 1.165) is 26.4 Å². The summed E-state index contributed by atoms with van der Waals surface area (Å²) < 4.78 is 6.06. The molecule has 1 heterocycles. The van der Waals surface area contributed by atoms with E-state index >= 15 is 0 Å². The van der Waals surface area contributed by atoms with Crippen LogP contribution in [0.1, 0.15) is 16.7 Å². The Labute approximate surface area is 147 Å². The fraction of sp³-hybridized carbons (Fsp3) is 0.111. The van der Waals surface area contributed by atoms with Crippen LogP contribution in [0.5, 0.6) is 5.75 Å². The molecule has 0 aliphatic carbocycles. The highest BCUT2D eigenvalue weighted by molar-refractivity contribution is 9.10. The van der Waals surface area contributed by atoms with Gasteiger partial charge in [-0.05, 0) is 46.6 Å². The normalized spacial score (nSPS) is 15.9. The van der Waals surface area contributed by atoms with Crippen LogP contribution in [0.4, 0.5) is 0 Å². The molecule has 0 atom stereocenters. The van der Waals surface area contributed by atoms with Crippen LogP contribution in [0.15, 0.2) is 56.8 Å². The Morgan fingerprint density at radius 2 is 1.91 bits per heavy atom. The summed E-state index contributed by atoms with van der Waals surface area (Å²) >= 11 is 4.86. The maximum Gasteiger partial charge on any atom is 0.284 e. The molecule has 0 spiro atoms. The standard InChI is InChI=1S/C18H14BrNO2S/c1-11-3-6-13(7-4-11)18-20-17(21)16(23-18)10-12-5-8-15(22-2)14(19)9-12/h3-10H,1-2H3. The van der Waals surface area contributed by atoms with E-state index in [-0.39, 0.29) is 5.91 Å². The van der Waals surface area contributed by atoms with Crippen molar-refractivity contribution in [1.82, 2.24) is 0 Å². The molecule has 0 bridgehead atoms. The van der Waals surface area contributed by atoms with Gasteiger partial charge in [-0.1, -0.05) is 47.7 Å². The van der Waals surface area contributed by atoms with Crippen LogP contribution >= 0.6 is 27.7 Å². The third-order valence-electron chi connectivity index (χ3n) is 3.39. The van der Waals surface area contributed by atoms with Gasteiger partial charge in [0.1, 0.15) is 10.8 Å². The Hall–Kier alpha value is -1.85. The zero-order valence-corrected chi connectivity index (χ0v) is 15.1. The smallest absolute Gasteiger partial charge is 0.284 e. The van der Waals surface area contributed by atoms with Crippen molar-refractivity contribution in [3.8, 4) is 5.75 Å². The number of carbonyl (C=O) groups is 1. The van der Waals surface area contributed by atoms with Crippen molar-refractivity contribution >= 4 is 44.7 Å². The summed E-state index contributed by atoms with van der Waals surface area (Å²) in [4.78, 5) is 16.9. The van der Waals surface area contributed by atoms with E-state index in [1.807, 2.05) is 55.5 Å². The van der Waals surface area contributed by atoms with Gasteiger partial charge in [0, 0.05) is 5.56 Å². The summed E-state index contributed by atoms with van der Waals surface area (Å²) in [6.07, 6.45) is 1.85.